The summed E-state index contributed by atoms with van der Waals surface area (Å²) in [5, 5.41) is 4.27. The van der Waals surface area contributed by atoms with Crippen molar-refractivity contribution in [2.24, 2.45) is 17.8 Å². The lowest BCUT2D eigenvalue weighted by Gasteiger charge is -2.45. The maximum atomic E-state index is 12.7. The lowest BCUT2D eigenvalue weighted by Crippen LogP contribution is -2.55. The van der Waals surface area contributed by atoms with Crippen LogP contribution in [-0.4, -0.2) is 60.0 Å². The van der Waals surface area contributed by atoms with Crippen molar-refractivity contribution in [3.05, 3.63) is 42.9 Å². The van der Waals surface area contributed by atoms with Crippen LogP contribution in [-0.2, 0) is 19.4 Å². The van der Waals surface area contributed by atoms with E-state index in [4.69, 9.17) is 9.47 Å². The minimum atomic E-state index is -3.29. The number of sulfone groups is 1. The predicted octanol–water partition coefficient (Wildman–Crippen LogP) is 3.16. The third-order valence-corrected chi connectivity index (χ3v) is 7.99. The molecule has 3 heterocycles. The molecular formula is C26H32N4O5S. The first kappa shape index (κ1) is 24.7. The Morgan fingerprint density at radius 2 is 1.81 bits per heavy atom. The van der Waals surface area contributed by atoms with E-state index >= 15 is 0 Å². The summed E-state index contributed by atoms with van der Waals surface area (Å²) in [7, 11) is -3.29. The number of carbonyl (C=O) groups excluding carboxylic acids is 1. The second kappa shape index (κ2) is 9.15. The predicted molar refractivity (Wildman–Crippen MR) is 135 cm³/mol. The molecule has 1 aliphatic heterocycles. The van der Waals surface area contributed by atoms with Crippen LogP contribution in [0.3, 0.4) is 0 Å². The van der Waals surface area contributed by atoms with Crippen molar-refractivity contribution < 1.29 is 22.7 Å². The van der Waals surface area contributed by atoms with Gasteiger partial charge >= 0.3 is 5.97 Å². The van der Waals surface area contributed by atoms with E-state index < -0.39 is 15.4 Å². The highest BCUT2D eigenvalue weighted by molar-refractivity contribution is 7.90. The third-order valence-electron chi connectivity index (χ3n) is 6.88. The Kier molecular flexibility index (Phi) is 6.28. The van der Waals surface area contributed by atoms with Gasteiger partial charge in [0.1, 0.15) is 23.9 Å². The van der Waals surface area contributed by atoms with Crippen molar-refractivity contribution in [1.82, 2.24) is 19.9 Å². The van der Waals surface area contributed by atoms with Gasteiger partial charge in [0.15, 0.2) is 9.84 Å². The molecule has 5 rings (SSSR count). The maximum absolute atomic E-state index is 12.7. The highest BCUT2D eigenvalue weighted by Crippen LogP contribution is 2.39. The average Bonchev–Trinajstić information content (AvgIpc) is 3.21. The van der Waals surface area contributed by atoms with E-state index in [1.807, 2.05) is 37.6 Å². The van der Waals surface area contributed by atoms with Gasteiger partial charge in [-0.05, 0) is 57.9 Å². The van der Waals surface area contributed by atoms with Crippen LogP contribution >= 0.6 is 0 Å². The van der Waals surface area contributed by atoms with Crippen LogP contribution in [0.2, 0.25) is 0 Å². The maximum Gasteiger partial charge on any atom is 0.309 e. The van der Waals surface area contributed by atoms with Crippen molar-refractivity contribution in [3.8, 4) is 11.7 Å². The van der Waals surface area contributed by atoms with Crippen LogP contribution in [0, 0.1) is 17.8 Å². The van der Waals surface area contributed by atoms with Gasteiger partial charge in [0.05, 0.1) is 16.3 Å². The summed E-state index contributed by atoms with van der Waals surface area (Å²) in [5.41, 5.74) is 0.343. The first-order valence-electron chi connectivity index (χ1n) is 12.2. The van der Waals surface area contributed by atoms with Crippen LogP contribution in [0.15, 0.2) is 47.8 Å². The van der Waals surface area contributed by atoms with E-state index in [1.54, 1.807) is 24.3 Å². The molecule has 0 amide bonds. The van der Waals surface area contributed by atoms with Gasteiger partial charge in [0, 0.05) is 48.8 Å². The monoisotopic (exact) mass is 512 g/mol. The molecule has 1 saturated heterocycles. The van der Waals surface area contributed by atoms with Gasteiger partial charge in [-0.1, -0.05) is 0 Å². The van der Waals surface area contributed by atoms with E-state index in [2.05, 4.69) is 15.3 Å². The van der Waals surface area contributed by atoms with Crippen LogP contribution in [0.25, 0.3) is 16.7 Å². The molecule has 3 aromatic rings. The average molecular weight is 513 g/mol. The highest BCUT2D eigenvalue weighted by atomic mass is 32.2. The summed E-state index contributed by atoms with van der Waals surface area (Å²) in [6, 6.07) is 8.71. The molecule has 10 heteroatoms. The van der Waals surface area contributed by atoms with Crippen LogP contribution in [0.4, 0.5) is 0 Å². The largest absolute Gasteiger partial charge is 0.474 e. The fourth-order valence-corrected chi connectivity index (χ4v) is 5.98. The lowest BCUT2D eigenvalue weighted by molar-refractivity contribution is -0.164. The summed E-state index contributed by atoms with van der Waals surface area (Å²) in [6.45, 7) is 7.25. The molecular weight excluding hydrogens is 480 g/mol. The third kappa shape index (κ3) is 5.10. The molecule has 2 unspecified atom stereocenters. The number of hydrogen-bond donors (Lipinski definition) is 1. The number of aromatic nitrogens is 3. The number of ether oxygens (including phenoxy) is 2. The summed E-state index contributed by atoms with van der Waals surface area (Å²) in [5.74, 6) is 1.22. The number of benzene rings is 1. The Morgan fingerprint density at radius 1 is 1.08 bits per heavy atom. The molecule has 1 aliphatic carbocycles. The summed E-state index contributed by atoms with van der Waals surface area (Å²) in [6.07, 6.45) is 5.91. The molecule has 2 fully saturated rings. The van der Waals surface area contributed by atoms with Crippen molar-refractivity contribution in [2.45, 2.75) is 50.2 Å². The van der Waals surface area contributed by atoms with Crippen LogP contribution in [0.1, 0.15) is 33.6 Å². The van der Waals surface area contributed by atoms with Crippen LogP contribution in [0.5, 0.6) is 5.88 Å². The summed E-state index contributed by atoms with van der Waals surface area (Å²) < 4.78 is 37.8. The van der Waals surface area contributed by atoms with E-state index in [1.165, 1.54) is 12.6 Å². The normalized spacial score (nSPS) is 24.4. The van der Waals surface area contributed by atoms with Gasteiger partial charge in [-0.3, -0.25) is 4.79 Å². The fourth-order valence-electron chi connectivity index (χ4n) is 5.32. The number of nitrogens with zero attached hydrogens (tertiary/aromatic N) is 3. The molecule has 2 aromatic heterocycles. The number of esters is 1. The molecule has 1 aromatic carbocycles. The van der Waals surface area contributed by atoms with Gasteiger partial charge < -0.3 is 19.4 Å². The second-order valence-corrected chi connectivity index (χ2v) is 12.9. The Hall–Kier alpha value is -2.98. The SMILES string of the molecule is CC(C)(C)OC(=O)C1CC2CNCC(C1)C2Oc1cc(-n2ccc3cc(S(C)(=O)=O)ccc32)ncn1. The molecule has 192 valence electrons. The fraction of sp³-hybridized carbons (Fsp3) is 0.500. The molecule has 2 bridgehead atoms. The number of nitrogens with one attached hydrogen (secondary N) is 1. The number of carbonyl (C=O) groups is 1. The zero-order valence-corrected chi connectivity index (χ0v) is 21.8. The first-order valence-corrected chi connectivity index (χ1v) is 14.1. The van der Waals surface area contributed by atoms with Crippen LogP contribution < -0.4 is 10.1 Å². The molecule has 1 saturated carbocycles. The van der Waals surface area contributed by atoms with Crippen molar-refractivity contribution >= 4 is 26.7 Å². The Bertz CT molecular complexity index is 1380. The molecule has 9 nitrogen and oxygen atoms in total. The molecule has 0 spiro atoms. The molecule has 2 aliphatic rings. The van der Waals surface area contributed by atoms with E-state index in [9.17, 15) is 13.2 Å². The summed E-state index contributed by atoms with van der Waals surface area (Å²) in [4.78, 5) is 21.8. The highest BCUT2D eigenvalue weighted by Gasteiger charge is 2.45. The number of rotatable bonds is 5. The van der Waals surface area contributed by atoms with E-state index in [-0.39, 0.29) is 34.7 Å². The second-order valence-electron chi connectivity index (χ2n) is 10.9. The van der Waals surface area contributed by atoms with Gasteiger partial charge in [-0.25, -0.2) is 18.4 Å². The van der Waals surface area contributed by atoms with Gasteiger partial charge in [0.25, 0.3) is 0 Å². The molecule has 2 atom stereocenters. The van der Waals surface area contributed by atoms with E-state index in [0.717, 1.165) is 24.0 Å². The van der Waals surface area contributed by atoms with Crippen molar-refractivity contribution in [2.75, 3.05) is 19.3 Å². The zero-order chi connectivity index (χ0) is 25.7. The van der Waals surface area contributed by atoms with Crippen molar-refractivity contribution in [3.63, 3.8) is 0 Å². The topological polar surface area (TPSA) is 112 Å². The first-order chi connectivity index (χ1) is 17.0. The Morgan fingerprint density at radius 3 is 2.47 bits per heavy atom. The number of hydrogen-bond acceptors (Lipinski definition) is 8. The van der Waals surface area contributed by atoms with Gasteiger partial charge in [-0.2, -0.15) is 0 Å². The Balaban J connectivity index is 1.35. The van der Waals surface area contributed by atoms with Crippen molar-refractivity contribution in [1.29, 1.82) is 0 Å². The zero-order valence-electron chi connectivity index (χ0n) is 21.0. The molecule has 0 radical (unpaired) electrons. The smallest absolute Gasteiger partial charge is 0.309 e. The molecule has 36 heavy (non-hydrogen) atoms. The lowest BCUT2D eigenvalue weighted by atomic mass is 9.70. The quantitative estimate of drug-likeness (QED) is 0.519. The number of piperidine rings is 1. The minimum absolute atomic E-state index is 0.0496. The number of fused-ring (bicyclic) bond motifs is 3. The van der Waals surface area contributed by atoms with E-state index in [0.29, 0.717) is 24.5 Å². The minimum Gasteiger partial charge on any atom is -0.474 e. The standard InChI is InChI=1S/C26H32N4O5S/c1-26(2,3)35-25(31)17-9-18-13-27-14-19(10-17)24(18)34-23-12-22(28-15-29-23)30-8-7-16-11-20(36(4,32)33)5-6-21(16)30/h5-8,11-12,15,17-19,24,27H,9-10,13-14H2,1-4H3. The Labute approximate surface area is 211 Å². The van der Waals surface area contributed by atoms with Gasteiger partial charge in [-0.15, -0.1) is 0 Å². The van der Waals surface area contributed by atoms with Gasteiger partial charge in [0.2, 0.25) is 5.88 Å². The molecule has 1 N–H and O–H groups in total. The summed E-state index contributed by atoms with van der Waals surface area (Å²) >= 11 is 0.